The quantitative estimate of drug-likeness (QED) is 0.689. The molecule has 1 atom stereocenters. The van der Waals surface area contributed by atoms with Crippen LogP contribution in [0.4, 0.5) is 4.79 Å². The van der Waals surface area contributed by atoms with Gasteiger partial charge in [0.2, 0.25) is 0 Å². The molecule has 1 aliphatic rings. The van der Waals surface area contributed by atoms with Crippen molar-refractivity contribution in [3.8, 4) is 0 Å². The third kappa shape index (κ3) is 1.87. The van der Waals surface area contributed by atoms with Crippen molar-refractivity contribution in [3.63, 3.8) is 0 Å². The van der Waals surface area contributed by atoms with Crippen molar-refractivity contribution >= 4 is 17.9 Å². The molecule has 16 heavy (non-hydrogen) atoms. The lowest BCUT2D eigenvalue weighted by Gasteiger charge is -2.28. The molecule has 6 nitrogen and oxygen atoms in total. The summed E-state index contributed by atoms with van der Waals surface area (Å²) in [5.74, 6) is -1.66. The summed E-state index contributed by atoms with van der Waals surface area (Å²) in [5, 5.41) is 11.5. The summed E-state index contributed by atoms with van der Waals surface area (Å²) in [4.78, 5) is 35.2. The van der Waals surface area contributed by atoms with Gasteiger partial charge in [-0.3, -0.25) is 4.79 Å². The van der Waals surface area contributed by atoms with E-state index in [1.807, 2.05) is 6.92 Å². The van der Waals surface area contributed by atoms with E-state index in [0.717, 1.165) is 11.3 Å². The molecule has 0 aliphatic carbocycles. The van der Waals surface area contributed by atoms with Crippen LogP contribution in [0.3, 0.4) is 0 Å². The molecule has 1 aliphatic heterocycles. The second-order valence-corrected chi connectivity index (χ2v) is 4.33. The van der Waals surface area contributed by atoms with Crippen molar-refractivity contribution in [2.75, 3.05) is 0 Å². The number of hydrogen-bond donors (Lipinski definition) is 2. The monoisotopic (exact) mass is 228 g/mol. The normalized spacial score (nSPS) is 21.2. The molecule has 6 heteroatoms. The predicted octanol–water partition coefficient (Wildman–Crippen LogP) is 0.570. The fraction of sp³-hybridized carbons (Fsp3) is 0.700. The summed E-state index contributed by atoms with van der Waals surface area (Å²) in [6, 6.07) is -1.22. The minimum atomic E-state index is -1.51. The average Bonchev–Trinajstić information content (AvgIpc) is 2.42. The van der Waals surface area contributed by atoms with Crippen LogP contribution >= 0.6 is 0 Å². The third-order valence-electron chi connectivity index (χ3n) is 2.68. The number of nitrogens with one attached hydrogen (secondary N) is 1. The van der Waals surface area contributed by atoms with Gasteiger partial charge >= 0.3 is 12.0 Å². The second kappa shape index (κ2) is 4.11. The number of rotatable bonds is 4. The Morgan fingerprint density at radius 3 is 2.50 bits per heavy atom. The van der Waals surface area contributed by atoms with Gasteiger partial charge in [-0.1, -0.05) is 13.3 Å². The smallest absolute Gasteiger partial charge is 0.329 e. The maximum Gasteiger partial charge on any atom is 0.329 e. The molecule has 1 saturated heterocycles. The summed E-state index contributed by atoms with van der Waals surface area (Å²) < 4.78 is 0. The highest BCUT2D eigenvalue weighted by atomic mass is 16.4. The Morgan fingerprint density at radius 2 is 2.06 bits per heavy atom. The van der Waals surface area contributed by atoms with Crippen molar-refractivity contribution in [3.05, 3.63) is 0 Å². The SMILES string of the molecule is CCCC1NC(=O)N(C(C)(C)C(=O)O)C1=O. The van der Waals surface area contributed by atoms with Gasteiger partial charge < -0.3 is 10.4 Å². The van der Waals surface area contributed by atoms with Crippen molar-refractivity contribution in [2.45, 2.75) is 45.2 Å². The Labute approximate surface area is 93.6 Å². The number of urea groups is 1. The van der Waals surface area contributed by atoms with Gasteiger partial charge in [0.25, 0.3) is 5.91 Å². The van der Waals surface area contributed by atoms with Gasteiger partial charge in [0.1, 0.15) is 11.6 Å². The molecular formula is C10H16N2O4. The Bertz CT molecular complexity index is 338. The molecule has 0 bridgehead atoms. The van der Waals surface area contributed by atoms with Crippen LogP contribution in [0.1, 0.15) is 33.6 Å². The number of hydrogen-bond acceptors (Lipinski definition) is 3. The number of imide groups is 1. The summed E-state index contributed by atoms with van der Waals surface area (Å²) in [6.45, 7) is 4.56. The van der Waals surface area contributed by atoms with Crippen LogP contribution in [0.2, 0.25) is 0 Å². The highest BCUT2D eigenvalue weighted by molar-refractivity contribution is 6.07. The largest absolute Gasteiger partial charge is 0.480 e. The highest BCUT2D eigenvalue weighted by Crippen LogP contribution is 2.22. The molecule has 1 unspecified atom stereocenters. The molecule has 3 amide bonds. The van der Waals surface area contributed by atoms with E-state index < -0.39 is 29.5 Å². The fourth-order valence-electron chi connectivity index (χ4n) is 1.64. The molecule has 1 fully saturated rings. The lowest BCUT2D eigenvalue weighted by atomic mass is 10.0. The van der Waals surface area contributed by atoms with Gasteiger partial charge in [0.15, 0.2) is 0 Å². The number of aliphatic carboxylic acids is 1. The van der Waals surface area contributed by atoms with Crippen LogP contribution < -0.4 is 5.32 Å². The van der Waals surface area contributed by atoms with Crippen LogP contribution in [0.15, 0.2) is 0 Å². The van der Waals surface area contributed by atoms with Crippen molar-refractivity contribution < 1.29 is 19.5 Å². The Balaban J connectivity index is 2.95. The predicted molar refractivity (Wildman–Crippen MR) is 55.8 cm³/mol. The van der Waals surface area contributed by atoms with Crippen molar-refractivity contribution in [1.29, 1.82) is 0 Å². The van der Waals surface area contributed by atoms with E-state index in [2.05, 4.69) is 5.32 Å². The molecule has 1 rings (SSSR count). The first-order chi connectivity index (χ1) is 7.32. The molecule has 0 spiro atoms. The average molecular weight is 228 g/mol. The number of amides is 3. The Hall–Kier alpha value is -1.59. The van der Waals surface area contributed by atoms with Crippen LogP contribution in [-0.4, -0.2) is 39.5 Å². The van der Waals surface area contributed by atoms with Crippen LogP contribution in [0, 0.1) is 0 Å². The van der Waals surface area contributed by atoms with Gasteiger partial charge in [0, 0.05) is 0 Å². The van der Waals surface area contributed by atoms with Gasteiger partial charge in [-0.15, -0.1) is 0 Å². The van der Waals surface area contributed by atoms with E-state index in [9.17, 15) is 14.4 Å². The van der Waals surface area contributed by atoms with E-state index >= 15 is 0 Å². The second-order valence-electron chi connectivity index (χ2n) is 4.33. The molecular weight excluding hydrogens is 212 g/mol. The topological polar surface area (TPSA) is 86.7 Å². The van der Waals surface area contributed by atoms with Gasteiger partial charge in [0.05, 0.1) is 0 Å². The molecule has 1 heterocycles. The summed E-state index contributed by atoms with van der Waals surface area (Å²) in [5.41, 5.74) is -1.51. The lowest BCUT2D eigenvalue weighted by molar-refractivity contribution is -0.152. The summed E-state index contributed by atoms with van der Waals surface area (Å²) >= 11 is 0. The van der Waals surface area contributed by atoms with Crippen molar-refractivity contribution in [2.24, 2.45) is 0 Å². The molecule has 0 saturated carbocycles. The van der Waals surface area contributed by atoms with Crippen LogP contribution in [-0.2, 0) is 9.59 Å². The van der Waals surface area contributed by atoms with E-state index in [1.54, 1.807) is 0 Å². The lowest BCUT2D eigenvalue weighted by Crippen LogP contribution is -2.53. The zero-order chi connectivity index (χ0) is 12.5. The van der Waals surface area contributed by atoms with Crippen LogP contribution in [0.5, 0.6) is 0 Å². The summed E-state index contributed by atoms with van der Waals surface area (Å²) in [6.07, 6.45) is 1.27. The molecule has 0 aromatic rings. The molecule has 0 radical (unpaired) electrons. The zero-order valence-electron chi connectivity index (χ0n) is 9.61. The number of carboxylic acid groups (broad SMARTS) is 1. The maximum absolute atomic E-state index is 11.8. The third-order valence-corrected chi connectivity index (χ3v) is 2.68. The standard InChI is InChI=1S/C10H16N2O4/c1-4-5-6-7(13)12(9(16)11-6)10(2,3)8(14)15/h6H,4-5H2,1-3H3,(H,11,16)(H,14,15). The Morgan fingerprint density at radius 1 is 1.50 bits per heavy atom. The number of carbonyl (C=O) groups excluding carboxylic acids is 2. The minimum absolute atomic E-state index is 0.459. The highest BCUT2D eigenvalue weighted by Gasteiger charge is 2.49. The minimum Gasteiger partial charge on any atom is -0.480 e. The van der Waals surface area contributed by atoms with Gasteiger partial charge in [-0.05, 0) is 20.3 Å². The van der Waals surface area contributed by atoms with E-state index in [4.69, 9.17) is 5.11 Å². The zero-order valence-corrected chi connectivity index (χ0v) is 9.61. The molecule has 2 N–H and O–H groups in total. The van der Waals surface area contributed by atoms with Gasteiger partial charge in [-0.2, -0.15) is 0 Å². The van der Waals surface area contributed by atoms with Gasteiger partial charge in [-0.25, -0.2) is 14.5 Å². The maximum atomic E-state index is 11.8. The molecule has 90 valence electrons. The van der Waals surface area contributed by atoms with E-state index in [1.165, 1.54) is 13.8 Å². The Kier molecular flexibility index (Phi) is 3.21. The number of nitrogens with zero attached hydrogens (tertiary/aromatic N) is 1. The first kappa shape index (κ1) is 12.5. The first-order valence-corrected chi connectivity index (χ1v) is 5.20. The van der Waals surface area contributed by atoms with E-state index in [-0.39, 0.29) is 0 Å². The fourth-order valence-corrected chi connectivity index (χ4v) is 1.64. The number of carbonyl (C=O) groups is 3. The number of carboxylic acids is 1. The molecule has 0 aromatic carbocycles. The van der Waals surface area contributed by atoms with E-state index in [0.29, 0.717) is 6.42 Å². The molecule has 0 aromatic heterocycles. The summed E-state index contributed by atoms with van der Waals surface area (Å²) in [7, 11) is 0. The first-order valence-electron chi connectivity index (χ1n) is 5.20. The van der Waals surface area contributed by atoms with Crippen LogP contribution in [0.25, 0.3) is 0 Å². The van der Waals surface area contributed by atoms with Crippen molar-refractivity contribution in [1.82, 2.24) is 10.2 Å².